The SMILES string of the molecule is Cc1ccc(S(=O)(=O)NCC(=O)NCCc2ccccc2)cc1C. The third-order valence-corrected chi connectivity index (χ3v) is 5.19. The van der Waals surface area contributed by atoms with Crippen molar-refractivity contribution in [3.05, 3.63) is 65.2 Å². The largest absolute Gasteiger partial charge is 0.355 e. The van der Waals surface area contributed by atoms with Gasteiger partial charge in [-0.1, -0.05) is 36.4 Å². The summed E-state index contributed by atoms with van der Waals surface area (Å²) in [6.45, 7) is 3.96. The molecular formula is C18H22N2O3S. The van der Waals surface area contributed by atoms with Crippen molar-refractivity contribution in [1.82, 2.24) is 10.0 Å². The zero-order chi connectivity index (χ0) is 17.6. The molecular weight excluding hydrogens is 324 g/mol. The topological polar surface area (TPSA) is 75.3 Å². The minimum Gasteiger partial charge on any atom is -0.355 e. The Hall–Kier alpha value is -2.18. The number of amides is 1. The van der Waals surface area contributed by atoms with E-state index in [0.29, 0.717) is 13.0 Å². The van der Waals surface area contributed by atoms with Gasteiger partial charge in [0.25, 0.3) is 0 Å². The Bertz CT molecular complexity index is 802. The van der Waals surface area contributed by atoms with Crippen molar-refractivity contribution >= 4 is 15.9 Å². The number of nitrogens with one attached hydrogen (secondary N) is 2. The second kappa shape index (κ2) is 8.08. The van der Waals surface area contributed by atoms with Crippen molar-refractivity contribution in [3.8, 4) is 0 Å². The third-order valence-electron chi connectivity index (χ3n) is 3.79. The summed E-state index contributed by atoms with van der Waals surface area (Å²) in [4.78, 5) is 12.0. The van der Waals surface area contributed by atoms with E-state index in [4.69, 9.17) is 0 Å². The molecule has 0 radical (unpaired) electrons. The average Bonchev–Trinajstić information content (AvgIpc) is 2.56. The molecule has 2 N–H and O–H groups in total. The summed E-state index contributed by atoms with van der Waals surface area (Å²) >= 11 is 0. The molecule has 0 fully saturated rings. The molecule has 0 saturated heterocycles. The van der Waals surface area contributed by atoms with E-state index in [1.54, 1.807) is 12.1 Å². The van der Waals surface area contributed by atoms with Crippen molar-refractivity contribution in [2.45, 2.75) is 25.2 Å². The first-order valence-corrected chi connectivity index (χ1v) is 9.24. The molecule has 0 saturated carbocycles. The zero-order valence-electron chi connectivity index (χ0n) is 13.9. The van der Waals surface area contributed by atoms with E-state index in [0.717, 1.165) is 16.7 Å². The molecule has 2 aromatic carbocycles. The third kappa shape index (κ3) is 5.18. The molecule has 0 unspecified atom stereocenters. The van der Waals surface area contributed by atoms with Crippen LogP contribution in [-0.2, 0) is 21.2 Å². The van der Waals surface area contributed by atoms with E-state index >= 15 is 0 Å². The molecule has 0 aliphatic heterocycles. The predicted octanol–water partition coefficient (Wildman–Crippen LogP) is 1.94. The highest BCUT2D eigenvalue weighted by Crippen LogP contribution is 2.14. The Morgan fingerprint density at radius 1 is 1.00 bits per heavy atom. The molecule has 1 amide bonds. The molecule has 128 valence electrons. The molecule has 2 aromatic rings. The second-order valence-corrected chi connectivity index (χ2v) is 7.42. The second-order valence-electron chi connectivity index (χ2n) is 5.66. The number of hydrogen-bond donors (Lipinski definition) is 2. The quantitative estimate of drug-likeness (QED) is 0.804. The van der Waals surface area contributed by atoms with Crippen LogP contribution in [0.5, 0.6) is 0 Å². The molecule has 0 bridgehead atoms. The molecule has 2 rings (SSSR count). The van der Waals surface area contributed by atoms with Gasteiger partial charge in [0.05, 0.1) is 11.4 Å². The number of hydrogen-bond acceptors (Lipinski definition) is 3. The lowest BCUT2D eigenvalue weighted by Gasteiger charge is -2.09. The fraction of sp³-hybridized carbons (Fsp3) is 0.278. The Morgan fingerprint density at radius 2 is 1.71 bits per heavy atom. The van der Waals surface area contributed by atoms with E-state index < -0.39 is 10.0 Å². The van der Waals surface area contributed by atoms with Crippen LogP contribution in [-0.4, -0.2) is 27.4 Å². The van der Waals surface area contributed by atoms with E-state index in [2.05, 4.69) is 10.0 Å². The Labute approximate surface area is 143 Å². The number of carbonyl (C=O) groups is 1. The van der Waals surface area contributed by atoms with Gasteiger partial charge in [0.1, 0.15) is 0 Å². The highest BCUT2D eigenvalue weighted by Gasteiger charge is 2.15. The number of aryl methyl sites for hydroxylation is 2. The van der Waals surface area contributed by atoms with Crippen LogP contribution in [0.4, 0.5) is 0 Å². The lowest BCUT2D eigenvalue weighted by atomic mass is 10.1. The summed E-state index contributed by atoms with van der Waals surface area (Å²) in [6, 6.07) is 14.7. The Morgan fingerprint density at radius 3 is 2.38 bits per heavy atom. The normalized spacial score (nSPS) is 11.2. The summed E-state index contributed by atoms with van der Waals surface area (Å²) < 4.78 is 26.7. The van der Waals surface area contributed by atoms with E-state index in [-0.39, 0.29) is 17.3 Å². The summed E-state index contributed by atoms with van der Waals surface area (Å²) in [5.41, 5.74) is 3.03. The number of benzene rings is 2. The molecule has 0 heterocycles. The first kappa shape index (κ1) is 18.2. The maximum absolute atomic E-state index is 12.2. The van der Waals surface area contributed by atoms with Gasteiger partial charge in [0.15, 0.2) is 0 Å². The van der Waals surface area contributed by atoms with Crippen molar-refractivity contribution < 1.29 is 13.2 Å². The van der Waals surface area contributed by atoms with E-state index in [1.807, 2.05) is 44.2 Å². The first-order chi connectivity index (χ1) is 11.4. The van der Waals surface area contributed by atoms with Gasteiger partial charge in [0, 0.05) is 6.54 Å². The van der Waals surface area contributed by atoms with Crippen LogP contribution in [0.15, 0.2) is 53.4 Å². The summed E-state index contributed by atoms with van der Waals surface area (Å²) in [6.07, 6.45) is 0.705. The lowest BCUT2D eigenvalue weighted by Crippen LogP contribution is -2.37. The molecule has 5 nitrogen and oxygen atoms in total. The fourth-order valence-corrected chi connectivity index (χ4v) is 3.25. The van der Waals surface area contributed by atoms with Gasteiger partial charge in [0.2, 0.25) is 15.9 Å². The van der Waals surface area contributed by atoms with Gasteiger partial charge in [-0.15, -0.1) is 0 Å². The van der Waals surface area contributed by atoms with Crippen LogP contribution in [0, 0.1) is 13.8 Å². The number of rotatable bonds is 7. The molecule has 6 heteroatoms. The van der Waals surface area contributed by atoms with Gasteiger partial charge in [-0.25, -0.2) is 13.1 Å². The minimum atomic E-state index is -3.68. The van der Waals surface area contributed by atoms with Crippen molar-refractivity contribution in [2.24, 2.45) is 0 Å². The van der Waals surface area contributed by atoms with Gasteiger partial charge < -0.3 is 5.32 Å². The van der Waals surface area contributed by atoms with Crippen molar-refractivity contribution in [2.75, 3.05) is 13.1 Å². The molecule has 24 heavy (non-hydrogen) atoms. The van der Waals surface area contributed by atoms with Gasteiger partial charge in [-0.05, 0) is 49.1 Å². The van der Waals surface area contributed by atoms with Crippen molar-refractivity contribution in [3.63, 3.8) is 0 Å². The summed E-state index contributed by atoms with van der Waals surface area (Å²) in [5.74, 6) is -0.349. The van der Waals surface area contributed by atoms with Crippen LogP contribution in [0.1, 0.15) is 16.7 Å². The van der Waals surface area contributed by atoms with Gasteiger partial charge in [-0.2, -0.15) is 0 Å². The highest BCUT2D eigenvalue weighted by atomic mass is 32.2. The van der Waals surface area contributed by atoms with Crippen LogP contribution in [0.2, 0.25) is 0 Å². The highest BCUT2D eigenvalue weighted by molar-refractivity contribution is 7.89. The van der Waals surface area contributed by atoms with Gasteiger partial charge in [-0.3, -0.25) is 4.79 Å². The minimum absolute atomic E-state index is 0.169. The first-order valence-electron chi connectivity index (χ1n) is 7.76. The molecule has 0 spiro atoms. The maximum atomic E-state index is 12.2. The summed E-state index contributed by atoms with van der Waals surface area (Å²) in [7, 11) is -3.68. The van der Waals surface area contributed by atoms with Gasteiger partial charge >= 0.3 is 0 Å². The average molecular weight is 346 g/mol. The van der Waals surface area contributed by atoms with Crippen molar-refractivity contribution in [1.29, 1.82) is 0 Å². The molecule has 0 aliphatic rings. The Kier molecular flexibility index (Phi) is 6.11. The monoisotopic (exact) mass is 346 g/mol. The predicted molar refractivity (Wildman–Crippen MR) is 94.3 cm³/mol. The zero-order valence-corrected chi connectivity index (χ0v) is 14.7. The molecule has 0 aromatic heterocycles. The lowest BCUT2D eigenvalue weighted by molar-refractivity contribution is -0.119. The van der Waals surface area contributed by atoms with E-state index in [1.165, 1.54) is 6.07 Å². The molecule has 0 aliphatic carbocycles. The number of sulfonamides is 1. The standard InChI is InChI=1S/C18H22N2O3S/c1-14-8-9-17(12-15(14)2)24(22,23)20-13-18(21)19-11-10-16-6-4-3-5-7-16/h3-9,12,20H,10-11,13H2,1-2H3,(H,19,21). The molecule has 0 atom stereocenters. The van der Waals surface area contributed by atoms with Crippen LogP contribution in [0.3, 0.4) is 0 Å². The van der Waals surface area contributed by atoms with Crippen LogP contribution < -0.4 is 10.0 Å². The number of carbonyl (C=O) groups excluding carboxylic acids is 1. The van der Waals surface area contributed by atoms with Crippen LogP contribution in [0.25, 0.3) is 0 Å². The summed E-state index contributed by atoms with van der Waals surface area (Å²) in [5, 5.41) is 2.71. The fourth-order valence-electron chi connectivity index (χ4n) is 2.18. The van der Waals surface area contributed by atoms with E-state index in [9.17, 15) is 13.2 Å². The van der Waals surface area contributed by atoms with Crippen LogP contribution >= 0.6 is 0 Å². The maximum Gasteiger partial charge on any atom is 0.241 e. The smallest absolute Gasteiger partial charge is 0.241 e. The Balaban J connectivity index is 1.83.